The number of nitrogens with one attached hydrogen (secondary N) is 7. The molecule has 0 aliphatic heterocycles. The fraction of sp³-hybridized carbons (Fsp3) is 0.627. The number of rotatable bonds is 48. The minimum atomic E-state index is -0.478. The van der Waals surface area contributed by atoms with Crippen molar-refractivity contribution in [2.24, 2.45) is 16.2 Å². The number of halogens is 1. The predicted molar refractivity (Wildman–Crippen MR) is 328 cm³/mol. The first kappa shape index (κ1) is 72.9. The van der Waals surface area contributed by atoms with Gasteiger partial charge in [0.15, 0.2) is 5.15 Å². The van der Waals surface area contributed by atoms with Crippen LogP contribution in [0.1, 0.15) is 97.7 Å². The third-order valence-corrected chi connectivity index (χ3v) is 14.5. The van der Waals surface area contributed by atoms with Crippen LogP contribution in [0.25, 0.3) is 22.5 Å². The van der Waals surface area contributed by atoms with Gasteiger partial charge in [0.2, 0.25) is 29.5 Å². The molecule has 28 heteroatoms. The van der Waals surface area contributed by atoms with Gasteiger partial charge in [-0.25, -0.2) is 4.98 Å². The van der Waals surface area contributed by atoms with Gasteiger partial charge in [0.05, 0.1) is 101 Å². The second-order valence-corrected chi connectivity index (χ2v) is 21.9. The van der Waals surface area contributed by atoms with Gasteiger partial charge in [-0.2, -0.15) is 5.21 Å². The van der Waals surface area contributed by atoms with E-state index in [0.29, 0.717) is 114 Å². The monoisotopic (exact) mass is 1240 g/mol. The van der Waals surface area contributed by atoms with Crippen LogP contribution >= 0.6 is 11.6 Å². The summed E-state index contributed by atoms with van der Waals surface area (Å²) in [6.07, 6.45) is 4.98. The third kappa shape index (κ3) is 28.9. The van der Waals surface area contributed by atoms with Crippen molar-refractivity contribution in [1.82, 2.24) is 62.1 Å². The second kappa shape index (κ2) is 41.6. The average molecular weight is 1240 g/mol. The summed E-state index contributed by atoms with van der Waals surface area (Å²) in [6.45, 7) is 18.6. The Morgan fingerprint density at radius 2 is 1.08 bits per heavy atom. The number of carbonyl (C=O) groups excluding carboxylic acids is 4. The average Bonchev–Trinajstić information content (AvgIpc) is 2.44. The maximum atomic E-state index is 12.8. The molecule has 0 unspecified atom stereocenters. The summed E-state index contributed by atoms with van der Waals surface area (Å²) in [4.78, 5) is 54.4. The summed E-state index contributed by atoms with van der Waals surface area (Å²) >= 11 is 6.65. The van der Waals surface area contributed by atoms with Gasteiger partial charge in [0, 0.05) is 38.2 Å². The maximum absolute atomic E-state index is 12.8. The van der Waals surface area contributed by atoms with Crippen molar-refractivity contribution in [3.05, 3.63) is 70.8 Å². The Morgan fingerprint density at radius 3 is 1.55 bits per heavy atom. The number of hydrogen-bond donors (Lipinski definition) is 9. The van der Waals surface area contributed by atoms with Crippen molar-refractivity contribution < 1.29 is 62.8 Å². The molecule has 4 rings (SSSR count). The van der Waals surface area contributed by atoms with Gasteiger partial charge in [-0.3, -0.25) is 19.2 Å². The normalized spacial score (nSPS) is 12.2. The number of H-pyrrole nitrogens is 1. The summed E-state index contributed by atoms with van der Waals surface area (Å²) in [5.74, 6) is 0.111. The zero-order valence-electron chi connectivity index (χ0n) is 51.7. The van der Waals surface area contributed by atoms with Crippen molar-refractivity contribution in [3.63, 3.8) is 0 Å². The Hall–Kier alpha value is -6.53. The zero-order chi connectivity index (χ0) is 63.1. The molecule has 4 amide bonds. The predicted octanol–water partition coefficient (Wildman–Crippen LogP) is 4.08. The number of aromatic amines is 1. The molecule has 0 radical (unpaired) electrons. The molecule has 0 bridgehead atoms. The number of nitrogens with zero attached hydrogens (tertiary/aromatic N) is 7. The number of unbranched alkanes of at least 4 members (excludes halogenated alkanes) is 1. The number of imidazole rings is 1. The van der Waals surface area contributed by atoms with Crippen LogP contribution in [0.4, 0.5) is 0 Å². The molecule has 4 aromatic rings. The van der Waals surface area contributed by atoms with E-state index in [1.165, 1.54) is 0 Å². The van der Waals surface area contributed by atoms with Crippen LogP contribution in [0.5, 0.6) is 0 Å². The molecule has 0 aliphatic carbocycles. The molecular weight excluding hydrogens is 1150 g/mol. The maximum Gasteiger partial charge on any atom is 0.246 e. The Kier molecular flexibility index (Phi) is 34.9. The number of aromatic nitrogens is 6. The number of carbonyl (C=O) groups is 4. The van der Waals surface area contributed by atoms with Crippen molar-refractivity contribution in [3.8, 4) is 22.5 Å². The van der Waals surface area contributed by atoms with E-state index in [1.54, 1.807) is 13.8 Å². The van der Waals surface area contributed by atoms with Gasteiger partial charge in [-0.05, 0) is 108 Å². The number of aryl methyl sites for hydroxylation is 1. The molecule has 484 valence electrons. The smallest absolute Gasteiger partial charge is 0.246 e. The molecule has 0 aliphatic rings. The molecular formula is C59H93ClN14O13. The number of amides is 4. The lowest BCUT2D eigenvalue weighted by Crippen LogP contribution is -2.47. The van der Waals surface area contributed by atoms with E-state index in [0.717, 1.165) is 60.2 Å². The van der Waals surface area contributed by atoms with Crippen molar-refractivity contribution in [1.29, 1.82) is 0 Å². The third-order valence-electron chi connectivity index (χ3n) is 14.2. The summed E-state index contributed by atoms with van der Waals surface area (Å²) in [7, 11) is 0. The molecule has 2 aromatic carbocycles. The van der Waals surface area contributed by atoms with E-state index in [-0.39, 0.29) is 82.9 Å². The van der Waals surface area contributed by atoms with Crippen molar-refractivity contribution >= 4 is 46.7 Å². The second-order valence-electron chi connectivity index (χ2n) is 21.5. The Balaban J connectivity index is 0.934. The summed E-state index contributed by atoms with van der Waals surface area (Å²) in [5, 5.41) is 57.9. The molecule has 9 N–H and O–H groups in total. The van der Waals surface area contributed by atoms with Crippen LogP contribution in [-0.4, -0.2) is 212 Å². The van der Waals surface area contributed by atoms with Gasteiger partial charge in [-0.1, -0.05) is 83.8 Å². The van der Waals surface area contributed by atoms with E-state index >= 15 is 0 Å². The van der Waals surface area contributed by atoms with E-state index in [1.807, 2.05) is 68.7 Å². The molecule has 2 heterocycles. The molecule has 0 saturated carbocycles. The minimum absolute atomic E-state index is 0.127. The molecule has 0 atom stereocenters. The lowest BCUT2D eigenvalue weighted by atomic mass is 9.94. The molecule has 87 heavy (non-hydrogen) atoms. The first-order chi connectivity index (χ1) is 42.0. The Labute approximate surface area is 515 Å². The van der Waals surface area contributed by atoms with Gasteiger partial charge in [0.1, 0.15) is 32.3 Å². The minimum Gasteiger partial charge on any atom is -0.411 e. The lowest BCUT2D eigenvalue weighted by Gasteiger charge is -2.28. The van der Waals surface area contributed by atoms with E-state index < -0.39 is 17.0 Å². The Morgan fingerprint density at radius 1 is 0.621 bits per heavy atom. The standard InChI is InChI=1S/C59H93ClN14O13/c1-8-9-14-51-67-56(60)50(74(51)38-46-15-17-47(18-16-46)48-12-10-11-13-49(48)57-68-72-73-69-57)37-64-55(78)42-87-41-54(77)63-26-28-82-30-32-84-34-36-85-35-33-83-31-29-81-27-25-62-53(76)40-86-39-52(75)61-22-19-45(20-23-65-58(4,5)43(2)70-79)21-24-66-59(6,7)44(3)71-80/h10-13,15-18,45,65-66,79-80H,8-9,14,19-42H2,1-7H3,(H,61,75)(H,62,76)(H,63,77)(H,64,78)(H,68,69,72,73)/b70-43-,71-44-. The quantitative estimate of drug-likeness (QED) is 0.0130. The number of oxime groups is 2. The van der Waals surface area contributed by atoms with Crippen molar-refractivity contribution in [2.75, 3.05) is 125 Å². The fourth-order valence-electron chi connectivity index (χ4n) is 8.46. The van der Waals surface area contributed by atoms with Gasteiger partial charge >= 0.3 is 0 Å². The SMILES string of the molecule is CCCCc1nc(Cl)c(CNC(=O)COCC(=O)NCCOCCOCCOCCOCCOCCNC(=O)COCC(=O)NCCC(CCNC(C)(C)/C(C)=N\O)CCNC(C)(C)/C(C)=N\O)n1Cc1ccc(-c2ccccc2-c2nn[nH]n2)cc1. The van der Waals surface area contributed by atoms with Crippen LogP contribution in [0.15, 0.2) is 58.8 Å². The first-order valence-electron chi connectivity index (χ1n) is 29.6. The fourth-order valence-corrected chi connectivity index (χ4v) is 8.73. The Bertz CT molecular complexity index is 2640. The van der Waals surface area contributed by atoms with E-state index in [9.17, 15) is 29.6 Å². The number of hydrogen-bond acceptors (Lipinski definition) is 21. The summed E-state index contributed by atoms with van der Waals surface area (Å²) in [6, 6.07) is 16.1. The largest absolute Gasteiger partial charge is 0.411 e. The van der Waals surface area contributed by atoms with Crippen LogP contribution in [0.2, 0.25) is 5.15 Å². The molecule has 27 nitrogen and oxygen atoms in total. The topological polar surface area (TPSA) is 343 Å². The van der Waals surface area contributed by atoms with E-state index in [4.69, 9.17) is 44.8 Å². The van der Waals surface area contributed by atoms with E-state index in [2.05, 4.69) is 86.9 Å². The number of benzene rings is 2. The highest BCUT2D eigenvalue weighted by molar-refractivity contribution is 6.30. The highest BCUT2D eigenvalue weighted by atomic mass is 35.5. The van der Waals surface area contributed by atoms with Crippen LogP contribution in [0.3, 0.4) is 0 Å². The molecule has 0 spiro atoms. The van der Waals surface area contributed by atoms with Gasteiger partial charge < -0.3 is 80.0 Å². The summed E-state index contributed by atoms with van der Waals surface area (Å²) in [5.41, 5.74) is 4.73. The zero-order valence-corrected chi connectivity index (χ0v) is 52.4. The van der Waals surface area contributed by atoms with Crippen LogP contribution < -0.4 is 31.9 Å². The van der Waals surface area contributed by atoms with Crippen LogP contribution in [-0.2, 0) is 71.8 Å². The highest BCUT2D eigenvalue weighted by Crippen LogP contribution is 2.30. The van der Waals surface area contributed by atoms with Gasteiger partial charge in [0.25, 0.3) is 0 Å². The van der Waals surface area contributed by atoms with Crippen molar-refractivity contribution in [2.45, 2.75) is 111 Å². The highest BCUT2D eigenvalue weighted by Gasteiger charge is 2.25. The molecule has 2 aromatic heterocycles. The lowest BCUT2D eigenvalue weighted by molar-refractivity contribution is -0.132. The summed E-state index contributed by atoms with van der Waals surface area (Å²) < 4.78 is 40.3. The first-order valence-corrected chi connectivity index (χ1v) is 30.0. The van der Waals surface area contributed by atoms with Crippen LogP contribution in [0, 0.1) is 5.92 Å². The molecule has 0 fully saturated rings. The number of tetrazole rings is 1. The number of ether oxygens (including phenoxy) is 7. The van der Waals surface area contributed by atoms with Gasteiger partial charge in [-0.15, -0.1) is 10.2 Å². The molecule has 0 saturated heterocycles.